The van der Waals surface area contributed by atoms with Crippen LogP contribution in [0.5, 0.6) is 0 Å². The van der Waals surface area contributed by atoms with E-state index in [4.69, 9.17) is 0 Å². The van der Waals surface area contributed by atoms with Crippen LogP contribution in [0.15, 0.2) is 30.5 Å². The van der Waals surface area contributed by atoms with Crippen LogP contribution in [0.25, 0.3) is 11.3 Å². The third-order valence-corrected chi connectivity index (χ3v) is 5.73. The van der Waals surface area contributed by atoms with Gasteiger partial charge in [0.2, 0.25) is 0 Å². The molecular weight excluding hydrogens is 421 g/mol. The Morgan fingerprint density at radius 3 is 2.72 bits per heavy atom. The highest BCUT2D eigenvalue weighted by Crippen LogP contribution is 2.38. The Balaban J connectivity index is 1.40. The number of nitrogens with zero attached hydrogens (tertiary/aromatic N) is 5. The second-order valence-corrected chi connectivity index (χ2v) is 8.30. The van der Waals surface area contributed by atoms with Gasteiger partial charge in [0.1, 0.15) is 17.2 Å². The number of rotatable bonds is 4. The maximum atomic E-state index is 13.0. The zero-order chi connectivity index (χ0) is 22.5. The molecule has 4 heterocycles. The number of fused-ring (bicyclic) bond motifs is 1. The minimum Gasteiger partial charge on any atom is -0.342 e. The molecule has 1 amide bonds. The fourth-order valence-electron chi connectivity index (χ4n) is 3.98. The van der Waals surface area contributed by atoms with Crippen molar-refractivity contribution in [1.29, 1.82) is 0 Å². The van der Waals surface area contributed by atoms with Gasteiger partial charge in [0.05, 0.1) is 17.4 Å². The predicted molar refractivity (Wildman–Crippen MR) is 109 cm³/mol. The highest BCUT2D eigenvalue weighted by Gasteiger charge is 2.33. The normalized spacial score (nSPS) is 18.3. The Morgan fingerprint density at radius 1 is 1.16 bits per heavy atom. The lowest BCUT2D eigenvalue weighted by Gasteiger charge is -2.24. The summed E-state index contributed by atoms with van der Waals surface area (Å²) in [5.74, 6) is 0.758. The molecule has 32 heavy (non-hydrogen) atoms. The number of halogens is 3. The Kier molecular flexibility index (Phi) is 4.94. The average molecular weight is 442 g/mol. The molecule has 0 saturated heterocycles. The lowest BCUT2D eigenvalue weighted by atomic mass is 10.0. The number of carbonyl (C=O) groups is 1. The van der Waals surface area contributed by atoms with Gasteiger partial charge in [-0.1, -0.05) is 0 Å². The first kappa shape index (κ1) is 20.6. The van der Waals surface area contributed by atoms with Gasteiger partial charge in [0, 0.05) is 29.9 Å². The van der Waals surface area contributed by atoms with Gasteiger partial charge >= 0.3 is 6.18 Å². The van der Waals surface area contributed by atoms with Gasteiger partial charge in [-0.05, 0) is 56.9 Å². The summed E-state index contributed by atoms with van der Waals surface area (Å²) in [6.07, 6.45) is 0.186. The third kappa shape index (κ3) is 4.09. The summed E-state index contributed by atoms with van der Waals surface area (Å²) in [5, 5.41) is 7.50. The number of nitrogens with one attached hydrogen (secondary N) is 1. The summed E-state index contributed by atoms with van der Waals surface area (Å²) in [4.78, 5) is 25.2. The number of aryl methyl sites for hydroxylation is 2. The minimum absolute atomic E-state index is 0.290. The van der Waals surface area contributed by atoms with Crippen molar-refractivity contribution in [2.24, 2.45) is 0 Å². The molecule has 1 aliphatic heterocycles. The molecule has 0 bridgehead atoms. The second-order valence-electron chi connectivity index (χ2n) is 8.30. The number of pyridine rings is 1. The number of aromatic nitrogens is 5. The number of carbonyl (C=O) groups excluding carboxylic acids is 1. The molecule has 0 radical (unpaired) electrons. The van der Waals surface area contributed by atoms with Crippen LogP contribution in [-0.4, -0.2) is 30.6 Å². The maximum absolute atomic E-state index is 13.0. The lowest BCUT2D eigenvalue weighted by molar-refractivity contribution is -0.141. The largest absolute Gasteiger partial charge is 0.433 e. The zero-order valence-corrected chi connectivity index (χ0v) is 17.4. The standard InChI is InChI=1S/C22H21F3N6O/c1-12-9-17(28-20(27-12)13-4-5-13)21(32)29-15-3-2-8-31-18(15)11-16(30-31)14-6-7-26-19(10-14)22(23,24)25/h6-7,9-11,13,15H,2-5,8H2,1H3,(H,29,32)/t15-/m1/s1. The summed E-state index contributed by atoms with van der Waals surface area (Å²) >= 11 is 0. The van der Waals surface area contributed by atoms with Crippen LogP contribution < -0.4 is 5.32 Å². The first-order valence-electron chi connectivity index (χ1n) is 10.6. The highest BCUT2D eigenvalue weighted by molar-refractivity contribution is 5.92. The Labute approximate surface area is 182 Å². The molecule has 3 aromatic rings. The zero-order valence-electron chi connectivity index (χ0n) is 17.4. The quantitative estimate of drug-likeness (QED) is 0.655. The fourth-order valence-corrected chi connectivity index (χ4v) is 3.98. The second kappa shape index (κ2) is 7.68. The van der Waals surface area contributed by atoms with Gasteiger partial charge in [0.15, 0.2) is 0 Å². The molecular formula is C22H21F3N6O. The van der Waals surface area contributed by atoms with Gasteiger partial charge in [-0.15, -0.1) is 0 Å². The average Bonchev–Trinajstić information content (AvgIpc) is 3.51. The van der Waals surface area contributed by atoms with Crippen molar-refractivity contribution in [3.63, 3.8) is 0 Å². The van der Waals surface area contributed by atoms with Crippen molar-refractivity contribution >= 4 is 5.91 Å². The van der Waals surface area contributed by atoms with E-state index in [2.05, 4.69) is 25.4 Å². The Bertz CT molecular complexity index is 1180. The molecule has 2 aliphatic rings. The van der Waals surface area contributed by atoms with Crippen molar-refractivity contribution in [3.8, 4) is 11.3 Å². The van der Waals surface area contributed by atoms with Gasteiger partial charge in [0.25, 0.3) is 5.91 Å². The molecule has 1 saturated carbocycles. The lowest BCUT2D eigenvalue weighted by Crippen LogP contribution is -2.33. The van der Waals surface area contributed by atoms with Crippen LogP contribution in [0.3, 0.4) is 0 Å². The van der Waals surface area contributed by atoms with E-state index in [1.807, 2.05) is 6.92 Å². The van der Waals surface area contributed by atoms with Crippen LogP contribution >= 0.6 is 0 Å². The Hall–Kier alpha value is -3.30. The van der Waals surface area contributed by atoms with Crippen LogP contribution in [0.2, 0.25) is 0 Å². The predicted octanol–water partition coefficient (Wildman–Crippen LogP) is 4.20. The molecule has 1 aliphatic carbocycles. The highest BCUT2D eigenvalue weighted by atomic mass is 19.4. The van der Waals surface area contributed by atoms with E-state index in [1.54, 1.807) is 16.8 Å². The molecule has 0 spiro atoms. The minimum atomic E-state index is -4.53. The molecule has 3 aromatic heterocycles. The van der Waals surface area contributed by atoms with E-state index in [0.717, 1.165) is 42.9 Å². The number of hydrogen-bond donors (Lipinski definition) is 1. The first-order chi connectivity index (χ1) is 15.3. The van der Waals surface area contributed by atoms with Gasteiger partial charge in [-0.25, -0.2) is 9.97 Å². The fraction of sp³-hybridized carbons (Fsp3) is 0.409. The summed E-state index contributed by atoms with van der Waals surface area (Å²) in [6.45, 7) is 2.48. The number of hydrogen-bond acceptors (Lipinski definition) is 5. The molecule has 5 rings (SSSR count). The van der Waals surface area contributed by atoms with Gasteiger partial charge < -0.3 is 5.32 Å². The molecule has 10 heteroatoms. The smallest absolute Gasteiger partial charge is 0.342 e. The van der Waals surface area contributed by atoms with Crippen molar-refractivity contribution in [2.75, 3.05) is 0 Å². The van der Waals surface area contributed by atoms with Crippen molar-refractivity contribution in [3.05, 3.63) is 59.1 Å². The molecule has 1 fully saturated rings. The van der Waals surface area contributed by atoms with E-state index in [1.165, 1.54) is 6.07 Å². The molecule has 1 atom stereocenters. The third-order valence-electron chi connectivity index (χ3n) is 5.73. The molecule has 0 unspecified atom stereocenters. The monoisotopic (exact) mass is 442 g/mol. The molecule has 1 N–H and O–H groups in total. The van der Waals surface area contributed by atoms with E-state index in [0.29, 0.717) is 41.7 Å². The van der Waals surface area contributed by atoms with Crippen molar-refractivity contribution < 1.29 is 18.0 Å². The van der Waals surface area contributed by atoms with Crippen LogP contribution in [-0.2, 0) is 12.7 Å². The van der Waals surface area contributed by atoms with Gasteiger partial charge in [-0.2, -0.15) is 18.3 Å². The van der Waals surface area contributed by atoms with Crippen molar-refractivity contribution in [2.45, 2.75) is 57.3 Å². The van der Waals surface area contributed by atoms with Crippen LogP contribution in [0.1, 0.15) is 71.0 Å². The number of amides is 1. The first-order valence-corrected chi connectivity index (χ1v) is 10.6. The van der Waals surface area contributed by atoms with E-state index < -0.39 is 11.9 Å². The van der Waals surface area contributed by atoms with Gasteiger partial charge in [-0.3, -0.25) is 14.5 Å². The molecule has 0 aromatic carbocycles. The summed E-state index contributed by atoms with van der Waals surface area (Å²) in [7, 11) is 0. The van der Waals surface area contributed by atoms with E-state index >= 15 is 0 Å². The SMILES string of the molecule is Cc1cc(C(=O)N[C@@H]2CCCn3nc(-c4ccnc(C(F)(F)F)c4)cc32)nc(C2CC2)n1. The van der Waals surface area contributed by atoms with Crippen molar-refractivity contribution in [1.82, 2.24) is 30.0 Å². The van der Waals surface area contributed by atoms with E-state index in [9.17, 15) is 18.0 Å². The number of alkyl halides is 3. The molecule has 166 valence electrons. The maximum Gasteiger partial charge on any atom is 0.433 e. The molecule has 7 nitrogen and oxygen atoms in total. The Morgan fingerprint density at radius 2 is 1.97 bits per heavy atom. The topological polar surface area (TPSA) is 85.6 Å². The summed E-state index contributed by atoms with van der Waals surface area (Å²) < 4.78 is 40.9. The summed E-state index contributed by atoms with van der Waals surface area (Å²) in [6, 6.07) is 5.59. The summed E-state index contributed by atoms with van der Waals surface area (Å²) in [5.41, 5.74) is 1.64. The van der Waals surface area contributed by atoms with Crippen LogP contribution in [0, 0.1) is 6.92 Å². The van der Waals surface area contributed by atoms with E-state index in [-0.39, 0.29) is 11.9 Å². The van der Waals surface area contributed by atoms with Crippen LogP contribution in [0.4, 0.5) is 13.2 Å².